The fourth-order valence-electron chi connectivity index (χ4n) is 14.7. The summed E-state index contributed by atoms with van der Waals surface area (Å²) in [6.45, 7) is 0.380. The maximum absolute atomic E-state index is 14.4. The van der Waals surface area contributed by atoms with E-state index in [2.05, 4.69) is 42.2 Å². The quantitative estimate of drug-likeness (QED) is 0.0213. The predicted molar refractivity (Wildman–Crippen MR) is 438 cm³/mol. The molecule has 18 N–H and O–H groups in total. The molecule has 4 aromatic rings. The maximum atomic E-state index is 14.4. The Bertz CT molecular complexity index is 3810. The standard InChI is InChI=1S/C85H128N10O27/c96-50-61-72(105)75(108)78(111)83(120-61)116-46-24-6-3-20-42-86-64(99)37-35-58(81(114)88-43-21-4-7-25-47-117-84-79(112)76(109)73(106)62(51-97)121-84)91-67(102)38-36-59(82(115)89-44-22-5-8-26-48-118-85-80(113)77(110)74(107)63(52-98)122-85)90-66(101)33-13-10-23-45-95-71-57-31-17-18-32-60(57)94(49-55-29-15-16-30-56(55)70(71)92-93-95)68(103)40-39-65(100)87-41-19-2-1-14-34-69(104)119-53-54-27-11-9-12-28-54/h9,11-12,15-18,27-32,58-59,61-63,72-80,83-85,96-98,105-113H,1-8,10,13-14,19-26,33-53H2,(H,86,99)(H,87,100)(H,88,114)(H,89,115)(H,90,101)(H,91,102)/t58?,59?,61-,62-,63-,72-,73-,74-,75+,76+,77+,78+,79+,80+,83+,84+,85+/m1/s1. The Morgan fingerprint density at radius 1 is 0.418 bits per heavy atom. The van der Waals surface area contributed by atoms with Crippen molar-refractivity contribution in [3.63, 3.8) is 0 Å². The highest BCUT2D eigenvalue weighted by Gasteiger charge is 2.47. The molecule has 0 aliphatic carbocycles. The number of hydrogen-bond acceptors (Lipinski definition) is 29. The Morgan fingerprint density at radius 2 is 0.836 bits per heavy atom. The number of benzene rings is 3. The smallest absolute Gasteiger partial charge is 0.306 e. The number of esters is 1. The van der Waals surface area contributed by atoms with Gasteiger partial charge in [0.05, 0.1) is 37.7 Å². The second-order valence-electron chi connectivity index (χ2n) is 31.3. The van der Waals surface area contributed by atoms with E-state index in [-0.39, 0.29) is 115 Å². The maximum Gasteiger partial charge on any atom is 0.306 e. The van der Waals surface area contributed by atoms with Crippen LogP contribution < -0.4 is 36.8 Å². The molecule has 0 bridgehead atoms. The number of aryl methyl sites for hydroxylation is 1. The minimum atomic E-state index is -1.59. The van der Waals surface area contributed by atoms with Crippen LogP contribution in [-0.2, 0) is 91.2 Å². The number of aliphatic hydroxyl groups excluding tert-OH is 12. The van der Waals surface area contributed by atoms with Gasteiger partial charge in [0.25, 0.3) is 0 Å². The first kappa shape index (κ1) is 99.3. The van der Waals surface area contributed by atoms with Crippen LogP contribution >= 0.6 is 0 Å². The van der Waals surface area contributed by atoms with Gasteiger partial charge >= 0.3 is 5.97 Å². The molecule has 3 aromatic carbocycles. The first-order valence-corrected chi connectivity index (χ1v) is 43.1. The number of nitrogens with zero attached hydrogens (tertiary/aromatic N) is 4. The molecule has 4 aliphatic rings. The Labute approximate surface area is 710 Å². The lowest BCUT2D eigenvalue weighted by molar-refractivity contribution is -0.301. The van der Waals surface area contributed by atoms with E-state index in [0.29, 0.717) is 151 Å². The van der Waals surface area contributed by atoms with E-state index in [9.17, 15) is 99.6 Å². The Morgan fingerprint density at radius 3 is 1.34 bits per heavy atom. The Balaban J connectivity index is 0.836. The molecule has 8 rings (SSSR count). The summed E-state index contributed by atoms with van der Waals surface area (Å²) in [4.78, 5) is 111. The molecule has 0 radical (unpaired) electrons. The third-order valence-electron chi connectivity index (χ3n) is 21.9. The summed E-state index contributed by atoms with van der Waals surface area (Å²) in [5.41, 5.74) is 5.13. The number of nitrogens with one attached hydrogen (secondary N) is 6. The normalized spacial score (nSPS) is 23.6. The van der Waals surface area contributed by atoms with Gasteiger partial charge in [-0.2, -0.15) is 0 Å². The van der Waals surface area contributed by atoms with Crippen molar-refractivity contribution >= 4 is 53.0 Å². The number of anilines is 1. The molecular formula is C85H128N10O27. The van der Waals surface area contributed by atoms with Crippen LogP contribution in [0.15, 0.2) is 78.9 Å². The highest BCUT2D eigenvalue weighted by molar-refractivity contribution is 6.01. The highest BCUT2D eigenvalue weighted by Crippen LogP contribution is 2.42. The van der Waals surface area contributed by atoms with Gasteiger partial charge in [0, 0.05) is 102 Å². The fourth-order valence-corrected chi connectivity index (χ4v) is 14.7. The molecule has 0 spiro atoms. The molecule has 3 fully saturated rings. The van der Waals surface area contributed by atoms with Crippen molar-refractivity contribution in [2.75, 3.05) is 70.7 Å². The minimum Gasteiger partial charge on any atom is -0.461 e. The largest absolute Gasteiger partial charge is 0.461 e. The number of aliphatic hydroxyl groups is 12. The van der Waals surface area contributed by atoms with Gasteiger partial charge in [-0.25, -0.2) is 4.68 Å². The van der Waals surface area contributed by atoms with E-state index in [0.717, 1.165) is 29.5 Å². The molecule has 680 valence electrons. The second-order valence-corrected chi connectivity index (χ2v) is 31.3. The summed E-state index contributed by atoms with van der Waals surface area (Å²) in [6, 6.07) is 22.1. The van der Waals surface area contributed by atoms with Crippen LogP contribution in [0.3, 0.4) is 0 Å². The number of carbonyl (C=O) groups is 8. The van der Waals surface area contributed by atoms with Gasteiger partial charge in [-0.3, -0.25) is 38.4 Å². The van der Waals surface area contributed by atoms with E-state index in [1.54, 1.807) is 9.58 Å². The first-order chi connectivity index (χ1) is 59.0. The van der Waals surface area contributed by atoms with Crippen molar-refractivity contribution in [3.8, 4) is 22.5 Å². The third kappa shape index (κ3) is 31.8. The van der Waals surface area contributed by atoms with Crippen molar-refractivity contribution < 1.29 is 133 Å². The van der Waals surface area contributed by atoms with E-state index in [4.69, 9.17) is 33.2 Å². The number of unbranched alkanes of at least 4 members (excludes halogenated alkanes) is 14. The van der Waals surface area contributed by atoms with Crippen LogP contribution in [0.2, 0.25) is 0 Å². The summed E-state index contributed by atoms with van der Waals surface area (Å²) in [5.74, 6) is -3.45. The van der Waals surface area contributed by atoms with E-state index < -0.39 is 154 Å². The van der Waals surface area contributed by atoms with Crippen molar-refractivity contribution in [3.05, 3.63) is 90.0 Å². The summed E-state index contributed by atoms with van der Waals surface area (Å²) in [6.07, 6.45) is -10.7. The van der Waals surface area contributed by atoms with Crippen LogP contribution in [0.25, 0.3) is 22.5 Å². The molecule has 0 saturated carbocycles. The Hall–Kier alpha value is -8.16. The molecule has 37 heteroatoms. The van der Waals surface area contributed by atoms with Crippen LogP contribution in [-0.4, -0.2) is 294 Å². The zero-order chi connectivity index (χ0) is 87.7. The van der Waals surface area contributed by atoms with Gasteiger partial charge in [0.2, 0.25) is 41.4 Å². The van der Waals surface area contributed by atoms with Gasteiger partial charge < -0.3 is 131 Å². The van der Waals surface area contributed by atoms with Crippen LogP contribution in [0.1, 0.15) is 184 Å². The third-order valence-corrected chi connectivity index (χ3v) is 21.9. The van der Waals surface area contributed by atoms with Gasteiger partial charge in [-0.15, -0.1) is 5.10 Å². The molecule has 37 nitrogen and oxygen atoms in total. The van der Waals surface area contributed by atoms with Gasteiger partial charge in [-0.1, -0.05) is 136 Å². The SMILES string of the molecule is O=C(CCC(=O)N1Cc2ccccc2-c2nnn(CCCCCC(=O)NC(CCC(=O)NC(CCC(=O)NCCCCCCO[C@H]3O[C@H](CO)[C@@H](O)[C@H](O)[C@@H]3O)C(=O)NCCCCCCO[C@H]3O[C@H](CO)[C@@H](O)[C@H](O)[C@@H]3O)C(=O)NCCCCCCO[C@H]3O[C@H](CO)[C@@H](O)[C@H](O)[C@@H]3O)c2-c2ccccc21)NCCCCCCC(=O)OCc1ccccc1. The molecule has 122 heavy (non-hydrogen) atoms. The molecule has 17 atom stereocenters. The molecule has 4 aliphatic heterocycles. The van der Waals surface area contributed by atoms with Crippen molar-refractivity contribution in [2.24, 2.45) is 0 Å². The lowest BCUT2D eigenvalue weighted by atomic mass is 9.95. The average Bonchev–Trinajstić information content (AvgIpc) is 1.57. The van der Waals surface area contributed by atoms with Crippen molar-refractivity contribution in [1.29, 1.82) is 0 Å². The summed E-state index contributed by atoms with van der Waals surface area (Å²) in [5, 5.41) is 147. The highest BCUT2D eigenvalue weighted by atomic mass is 16.7. The molecule has 7 amide bonds. The van der Waals surface area contributed by atoms with E-state index >= 15 is 0 Å². The number of ether oxygens (including phenoxy) is 7. The topological polar surface area (TPSA) is 550 Å². The molecule has 5 heterocycles. The van der Waals surface area contributed by atoms with Crippen LogP contribution in [0.4, 0.5) is 5.69 Å². The number of amides is 7. The van der Waals surface area contributed by atoms with Crippen LogP contribution in [0, 0.1) is 0 Å². The second kappa shape index (κ2) is 53.9. The lowest BCUT2D eigenvalue weighted by Crippen LogP contribution is -2.59. The predicted octanol–water partition coefficient (Wildman–Crippen LogP) is 0.619. The zero-order valence-corrected chi connectivity index (χ0v) is 69.4. The fraction of sp³-hybridized carbons (Fsp3) is 0.671. The van der Waals surface area contributed by atoms with Crippen LogP contribution in [0.5, 0.6) is 0 Å². The van der Waals surface area contributed by atoms with E-state index in [1.807, 2.05) is 78.9 Å². The van der Waals surface area contributed by atoms with E-state index in [1.165, 1.54) is 0 Å². The number of aromatic nitrogens is 3. The number of hydrogen-bond donors (Lipinski definition) is 18. The molecule has 1 aromatic heterocycles. The summed E-state index contributed by atoms with van der Waals surface area (Å²) < 4.78 is 40.2. The Kier molecular flexibility index (Phi) is 43.8. The number of carbonyl (C=O) groups excluding carboxylic acids is 8. The molecular weight excluding hydrogens is 1590 g/mol. The monoisotopic (exact) mass is 1720 g/mol. The average molecular weight is 1720 g/mol. The number of rotatable bonds is 55. The van der Waals surface area contributed by atoms with Crippen molar-refractivity contribution in [1.82, 2.24) is 46.9 Å². The zero-order valence-electron chi connectivity index (χ0n) is 69.4. The van der Waals surface area contributed by atoms with Crippen molar-refractivity contribution in [2.45, 2.75) is 297 Å². The number of fused-ring (bicyclic) bond motifs is 5. The summed E-state index contributed by atoms with van der Waals surface area (Å²) in [7, 11) is 0. The van der Waals surface area contributed by atoms with Gasteiger partial charge in [0.15, 0.2) is 18.9 Å². The lowest BCUT2D eigenvalue weighted by Gasteiger charge is -2.39. The number of para-hydroxylation sites is 1. The first-order valence-electron chi connectivity index (χ1n) is 43.1. The molecule has 2 unspecified atom stereocenters. The summed E-state index contributed by atoms with van der Waals surface area (Å²) >= 11 is 0. The van der Waals surface area contributed by atoms with Gasteiger partial charge in [-0.05, 0) is 94.2 Å². The minimum absolute atomic E-state index is 0.0127. The van der Waals surface area contributed by atoms with Gasteiger partial charge in [0.1, 0.15) is 97.6 Å². The molecule has 3 saturated heterocycles.